The van der Waals surface area contributed by atoms with Crippen LogP contribution in [0.25, 0.3) is 0 Å². The second-order valence-corrected chi connectivity index (χ2v) is 5.58. The zero-order chi connectivity index (χ0) is 13.1. The Morgan fingerprint density at radius 2 is 2.22 bits per heavy atom. The monoisotopic (exact) mass is 248 g/mol. The number of nitrogens with zero attached hydrogens (tertiary/aromatic N) is 1. The molecule has 100 valence electrons. The summed E-state index contributed by atoms with van der Waals surface area (Å²) in [7, 11) is 3.84. The van der Waals surface area contributed by atoms with Gasteiger partial charge in [-0.1, -0.05) is 19.1 Å². The molecule has 18 heavy (non-hydrogen) atoms. The Labute approximate surface area is 110 Å². The van der Waals surface area contributed by atoms with E-state index in [2.05, 4.69) is 24.9 Å². The van der Waals surface area contributed by atoms with E-state index in [0.717, 1.165) is 29.7 Å². The summed E-state index contributed by atoms with van der Waals surface area (Å²) in [6.45, 7) is 4.38. The van der Waals surface area contributed by atoms with Gasteiger partial charge in [0.05, 0.1) is 7.11 Å². The second kappa shape index (κ2) is 5.72. The molecule has 0 spiro atoms. The molecule has 1 aromatic carbocycles. The van der Waals surface area contributed by atoms with Gasteiger partial charge in [0.2, 0.25) is 0 Å². The van der Waals surface area contributed by atoms with Crippen LogP contribution in [0.3, 0.4) is 0 Å². The summed E-state index contributed by atoms with van der Waals surface area (Å²) in [4.78, 5) is 2.35. The van der Waals surface area contributed by atoms with E-state index in [9.17, 15) is 0 Å². The molecule has 3 nitrogen and oxygen atoms in total. The van der Waals surface area contributed by atoms with Crippen molar-refractivity contribution in [3.63, 3.8) is 0 Å². The van der Waals surface area contributed by atoms with E-state index in [1.165, 1.54) is 13.0 Å². The fourth-order valence-electron chi connectivity index (χ4n) is 2.44. The Balaban J connectivity index is 1.87. The molecule has 0 aromatic heterocycles. The Morgan fingerprint density at radius 1 is 1.50 bits per heavy atom. The van der Waals surface area contributed by atoms with Gasteiger partial charge < -0.3 is 15.4 Å². The lowest BCUT2D eigenvalue weighted by molar-refractivity contribution is 0.295. The van der Waals surface area contributed by atoms with Gasteiger partial charge in [-0.2, -0.15) is 0 Å². The van der Waals surface area contributed by atoms with E-state index in [0.29, 0.717) is 0 Å². The highest BCUT2D eigenvalue weighted by Gasteiger charge is 2.33. The van der Waals surface area contributed by atoms with Crippen LogP contribution in [-0.4, -0.2) is 32.1 Å². The Hall–Kier alpha value is -1.06. The summed E-state index contributed by atoms with van der Waals surface area (Å²) in [5.74, 6) is 2.66. The molecule has 0 bridgehead atoms. The summed E-state index contributed by atoms with van der Waals surface area (Å²) < 4.78 is 5.23. The first-order chi connectivity index (χ1) is 8.60. The molecule has 1 saturated carbocycles. The van der Waals surface area contributed by atoms with Crippen molar-refractivity contribution in [2.45, 2.75) is 19.4 Å². The summed E-state index contributed by atoms with van der Waals surface area (Å²) >= 11 is 0. The highest BCUT2D eigenvalue weighted by Crippen LogP contribution is 2.38. The molecule has 1 fully saturated rings. The van der Waals surface area contributed by atoms with Gasteiger partial charge in [0.1, 0.15) is 5.75 Å². The topological polar surface area (TPSA) is 38.5 Å². The fraction of sp³-hybridized carbons (Fsp3) is 0.600. The fourth-order valence-corrected chi connectivity index (χ4v) is 2.44. The van der Waals surface area contributed by atoms with Gasteiger partial charge in [-0.3, -0.25) is 0 Å². The molecule has 1 aromatic rings. The van der Waals surface area contributed by atoms with E-state index in [4.69, 9.17) is 10.5 Å². The largest absolute Gasteiger partial charge is 0.497 e. The molecule has 0 aliphatic heterocycles. The van der Waals surface area contributed by atoms with E-state index >= 15 is 0 Å². The van der Waals surface area contributed by atoms with Crippen molar-refractivity contribution < 1.29 is 4.74 Å². The van der Waals surface area contributed by atoms with Crippen molar-refractivity contribution >= 4 is 0 Å². The van der Waals surface area contributed by atoms with Crippen LogP contribution in [0.4, 0.5) is 0 Å². The first-order valence-electron chi connectivity index (χ1n) is 6.68. The van der Waals surface area contributed by atoms with Crippen molar-refractivity contribution in [2.24, 2.45) is 17.6 Å². The Morgan fingerprint density at radius 3 is 2.83 bits per heavy atom. The van der Waals surface area contributed by atoms with E-state index in [-0.39, 0.29) is 6.04 Å². The first-order valence-corrected chi connectivity index (χ1v) is 6.68. The maximum Gasteiger partial charge on any atom is 0.119 e. The first kappa shape index (κ1) is 13.4. The number of nitrogens with two attached hydrogens (primary N) is 1. The molecule has 0 radical (unpaired) electrons. The van der Waals surface area contributed by atoms with Crippen LogP contribution in [0, 0.1) is 11.8 Å². The third-order valence-electron chi connectivity index (χ3n) is 3.85. The van der Waals surface area contributed by atoms with Gasteiger partial charge in [-0.25, -0.2) is 0 Å². The van der Waals surface area contributed by atoms with Crippen LogP contribution < -0.4 is 10.5 Å². The predicted octanol–water partition coefficient (Wildman–Crippen LogP) is 2.28. The average molecular weight is 248 g/mol. The van der Waals surface area contributed by atoms with Crippen molar-refractivity contribution in [3.05, 3.63) is 29.8 Å². The van der Waals surface area contributed by atoms with Crippen molar-refractivity contribution in [2.75, 3.05) is 27.2 Å². The van der Waals surface area contributed by atoms with Gasteiger partial charge in [0.25, 0.3) is 0 Å². The number of methoxy groups -OCH3 is 1. The highest BCUT2D eigenvalue weighted by atomic mass is 16.5. The summed E-state index contributed by atoms with van der Waals surface area (Å²) in [5.41, 5.74) is 7.40. The van der Waals surface area contributed by atoms with Gasteiger partial charge >= 0.3 is 0 Å². The number of hydrogen-bond acceptors (Lipinski definition) is 3. The molecule has 1 aliphatic rings. The molecule has 1 aliphatic carbocycles. The number of likely N-dealkylation sites (N-methyl/N-ethyl adjacent to an activating group) is 1. The predicted molar refractivity (Wildman–Crippen MR) is 74.7 cm³/mol. The standard InChI is InChI=1S/C15H24N2O/c1-11-7-13(11)9-17(2)10-15(16)12-5-4-6-14(8-12)18-3/h4-6,8,11,13,15H,7,9-10,16H2,1-3H3. The molecular weight excluding hydrogens is 224 g/mol. The van der Waals surface area contributed by atoms with Crippen molar-refractivity contribution in [3.8, 4) is 5.75 Å². The van der Waals surface area contributed by atoms with E-state index < -0.39 is 0 Å². The molecule has 0 amide bonds. The average Bonchev–Trinajstić information content (AvgIpc) is 3.04. The zero-order valence-electron chi connectivity index (χ0n) is 11.6. The quantitative estimate of drug-likeness (QED) is 0.839. The Bertz CT molecular complexity index is 394. The maximum absolute atomic E-state index is 6.25. The summed E-state index contributed by atoms with van der Waals surface area (Å²) in [6.07, 6.45) is 1.37. The van der Waals surface area contributed by atoms with Gasteiger partial charge in [-0.15, -0.1) is 0 Å². The Kier molecular flexibility index (Phi) is 4.25. The number of ether oxygens (including phenoxy) is 1. The van der Waals surface area contributed by atoms with Crippen molar-refractivity contribution in [1.82, 2.24) is 4.90 Å². The zero-order valence-corrected chi connectivity index (χ0v) is 11.6. The minimum Gasteiger partial charge on any atom is -0.497 e. The molecule has 3 unspecified atom stereocenters. The molecule has 2 rings (SSSR count). The molecule has 2 N–H and O–H groups in total. The van der Waals surface area contributed by atoms with E-state index in [1.54, 1.807) is 7.11 Å². The summed E-state index contributed by atoms with van der Waals surface area (Å²) in [6, 6.07) is 8.10. The second-order valence-electron chi connectivity index (χ2n) is 5.58. The SMILES string of the molecule is COc1cccc(C(N)CN(C)CC2CC2C)c1. The minimum atomic E-state index is 0.0548. The summed E-state index contributed by atoms with van der Waals surface area (Å²) in [5, 5.41) is 0. The van der Waals surface area contributed by atoms with Crippen LogP contribution in [0.15, 0.2) is 24.3 Å². The van der Waals surface area contributed by atoms with Gasteiger partial charge in [-0.05, 0) is 43.0 Å². The molecule has 3 atom stereocenters. The third kappa shape index (κ3) is 3.47. The van der Waals surface area contributed by atoms with Crippen LogP contribution in [0.2, 0.25) is 0 Å². The van der Waals surface area contributed by atoms with Crippen molar-refractivity contribution in [1.29, 1.82) is 0 Å². The number of hydrogen-bond donors (Lipinski definition) is 1. The van der Waals surface area contributed by atoms with E-state index in [1.807, 2.05) is 18.2 Å². The molecule has 0 saturated heterocycles. The van der Waals surface area contributed by atoms with Crippen LogP contribution in [0.5, 0.6) is 5.75 Å². The van der Waals surface area contributed by atoms with Gasteiger partial charge in [0.15, 0.2) is 0 Å². The molecule has 3 heteroatoms. The molecular formula is C15H24N2O. The van der Waals surface area contributed by atoms with Gasteiger partial charge in [0, 0.05) is 19.1 Å². The minimum absolute atomic E-state index is 0.0548. The van der Waals surface area contributed by atoms with Crippen LogP contribution in [-0.2, 0) is 0 Å². The van der Waals surface area contributed by atoms with Crippen LogP contribution >= 0.6 is 0 Å². The van der Waals surface area contributed by atoms with Crippen LogP contribution in [0.1, 0.15) is 24.9 Å². The number of rotatable bonds is 6. The lowest BCUT2D eigenvalue weighted by atomic mass is 10.1. The molecule has 0 heterocycles. The number of benzene rings is 1. The highest BCUT2D eigenvalue weighted by molar-refractivity contribution is 5.30. The smallest absolute Gasteiger partial charge is 0.119 e. The third-order valence-corrected chi connectivity index (χ3v) is 3.85. The normalized spacial score (nSPS) is 24.1. The lowest BCUT2D eigenvalue weighted by Gasteiger charge is -2.21. The lowest BCUT2D eigenvalue weighted by Crippen LogP contribution is -2.30. The maximum atomic E-state index is 6.25.